The fourth-order valence-corrected chi connectivity index (χ4v) is 3.65. The van der Waals surface area contributed by atoms with Gasteiger partial charge in [0.15, 0.2) is 6.08 Å². The van der Waals surface area contributed by atoms with Crippen LogP contribution in [0.15, 0.2) is 35.3 Å². The monoisotopic (exact) mass is 302 g/mol. The normalized spacial score (nSPS) is 36.6. The maximum absolute atomic E-state index is 8.74. The summed E-state index contributed by atoms with van der Waals surface area (Å²) in [5, 5.41) is 0. The average molecular weight is 302 g/mol. The fraction of sp³-hybridized carbons (Fsp3) is 0.611. The van der Waals surface area contributed by atoms with Crippen molar-refractivity contribution in [2.45, 2.75) is 55.9 Å². The lowest BCUT2D eigenvalue weighted by Crippen LogP contribution is -2.24. The van der Waals surface area contributed by atoms with E-state index in [2.05, 4.69) is 4.99 Å². The second kappa shape index (κ2) is 5.67. The van der Waals surface area contributed by atoms with Crippen LogP contribution in [0.4, 0.5) is 0 Å². The minimum Gasteiger partial charge on any atom is -0.468 e. The highest BCUT2D eigenvalue weighted by Crippen LogP contribution is 2.50. The third kappa shape index (κ3) is 2.44. The summed E-state index contributed by atoms with van der Waals surface area (Å²) in [6, 6.07) is 9.92. The molecule has 3 atom stereocenters. The Kier molecular flexibility index (Phi) is 3.37. The number of epoxide rings is 1. The SMILES string of the molecule is [2H][C@]1(C2=N[C@@H](COC)[C@H](c3ccccc3)O2)OC12CCCCC2. The lowest BCUT2D eigenvalue weighted by molar-refractivity contribution is 0.118. The van der Waals surface area contributed by atoms with Gasteiger partial charge in [-0.3, -0.25) is 0 Å². The van der Waals surface area contributed by atoms with E-state index in [-0.39, 0.29) is 17.7 Å². The smallest absolute Gasteiger partial charge is 0.217 e. The molecule has 0 bridgehead atoms. The van der Waals surface area contributed by atoms with Gasteiger partial charge in [-0.05, 0) is 18.4 Å². The predicted molar refractivity (Wildman–Crippen MR) is 84.1 cm³/mol. The van der Waals surface area contributed by atoms with Crippen molar-refractivity contribution in [1.29, 1.82) is 0 Å². The highest BCUT2D eigenvalue weighted by Gasteiger charge is 2.61. The second-order valence-electron chi connectivity index (χ2n) is 6.39. The molecule has 0 N–H and O–H groups in total. The van der Waals surface area contributed by atoms with Gasteiger partial charge in [-0.2, -0.15) is 0 Å². The quantitative estimate of drug-likeness (QED) is 0.802. The van der Waals surface area contributed by atoms with Crippen molar-refractivity contribution < 1.29 is 15.6 Å². The maximum atomic E-state index is 8.74. The molecule has 118 valence electrons. The number of rotatable bonds is 4. The first-order chi connectivity index (χ1) is 11.2. The Balaban J connectivity index is 1.57. The van der Waals surface area contributed by atoms with Gasteiger partial charge in [-0.25, -0.2) is 4.99 Å². The number of nitrogens with zero attached hydrogens (tertiary/aromatic N) is 1. The van der Waals surface area contributed by atoms with E-state index < -0.39 is 6.08 Å². The molecule has 0 aromatic heterocycles. The lowest BCUT2D eigenvalue weighted by Gasteiger charge is -2.19. The summed E-state index contributed by atoms with van der Waals surface area (Å²) >= 11 is 0. The molecule has 1 aliphatic carbocycles. The summed E-state index contributed by atoms with van der Waals surface area (Å²) in [7, 11) is 1.67. The summed E-state index contributed by atoms with van der Waals surface area (Å²) in [4.78, 5) is 4.68. The standard InChI is InChI=1S/C18H23NO3/c1-20-12-14-15(13-8-4-2-5-9-13)21-17(19-14)16-18(22-16)10-6-3-7-11-18/h2,4-5,8-9,14-16H,3,6-7,10-12H2,1H3/t14-,15-,16+/m0/s1/i16D. The molecule has 0 unspecified atom stereocenters. The van der Waals surface area contributed by atoms with E-state index >= 15 is 0 Å². The zero-order valence-electron chi connectivity index (χ0n) is 14.0. The molecular weight excluding hydrogens is 278 g/mol. The summed E-state index contributed by atoms with van der Waals surface area (Å²) in [5.74, 6) is 0.440. The Bertz CT molecular complexity index is 600. The Hall–Kier alpha value is -1.39. The summed E-state index contributed by atoms with van der Waals surface area (Å²) in [5.41, 5.74) is 0.697. The highest BCUT2D eigenvalue weighted by atomic mass is 16.6. The Labute approximate surface area is 132 Å². The van der Waals surface area contributed by atoms with Gasteiger partial charge >= 0.3 is 0 Å². The van der Waals surface area contributed by atoms with E-state index in [1.54, 1.807) is 7.11 Å². The van der Waals surface area contributed by atoms with Crippen molar-refractivity contribution in [3.05, 3.63) is 35.9 Å². The number of methoxy groups -OCH3 is 1. The highest BCUT2D eigenvalue weighted by molar-refractivity contribution is 5.86. The zero-order chi connectivity index (χ0) is 15.9. The summed E-state index contributed by atoms with van der Waals surface area (Å²) in [6.07, 6.45) is 4.05. The van der Waals surface area contributed by atoms with E-state index in [0.29, 0.717) is 12.5 Å². The molecule has 4 nitrogen and oxygen atoms in total. The van der Waals surface area contributed by atoms with E-state index in [0.717, 1.165) is 31.2 Å². The van der Waals surface area contributed by atoms with Gasteiger partial charge in [-0.1, -0.05) is 49.6 Å². The van der Waals surface area contributed by atoms with Gasteiger partial charge in [0.25, 0.3) is 0 Å². The van der Waals surface area contributed by atoms with Crippen LogP contribution in [0.2, 0.25) is 0 Å². The van der Waals surface area contributed by atoms with Crippen molar-refractivity contribution in [3.8, 4) is 0 Å². The molecule has 4 rings (SSSR count). The molecule has 2 heterocycles. The van der Waals surface area contributed by atoms with Crippen molar-refractivity contribution in [2.24, 2.45) is 4.99 Å². The third-order valence-corrected chi connectivity index (χ3v) is 4.86. The van der Waals surface area contributed by atoms with Crippen LogP contribution in [0.1, 0.15) is 45.1 Å². The summed E-state index contributed by atoms with van der Waals surface area (Å²) in [6.45, 7) is 0.478. The minimum absolute atomic E-state index is 0.121. The maximum Gasteiger partial charge on any atom is 0.217 e. The van der Waals surface area contributed by atoms with Crippen molar-refractivity contribution in [3.63, 3.8) is 0 Å². The van der Waals surface area contributed by atoms with E-state index in [4.69, 9.17) is 15.6 Å². The molecule has 1 saturated carbocycles. The molecule has 1 aromatic rings. The van der Waals surface area contributed by atoms with Crippen LogP contribution >= 0.6 is 0 Å². The van der Waals surface area contributed by atoms with Gasteiger partial charge in [-0.15, -0.1) is 0 Å². The van der Waals surface area contributed by atoms with Crippen LogP contribution in [0.5, 0.6) is 0 Å². The Morgan fingerprint density at radius 1 is 1.27 bits per heavy atom. The molecule has 3 aliphatic rings. The molecule has 0 radical (unpaired) electrons. The largest absolute Gasteiger partial charge is 0.468 e. The molecule has 1 aromatic carbocycles. The third-order valence-electron chi connectivity index (χ3n) is 4.86. The Morgan fingerprint density at radius 2 is 2.05 bits per heavy atom. The van der Waals surface area contributed by atoms with Crippen LogP contribution in [0, 0.1) is 0 Å². The number of hydrogen-bond acceptors (Lipinski definition) is 4. The average Bonchev–Trinajstić information content (AvgIpc) is 2.96. The van der Waals surface area contributed by atoms with Gasteiger partial charge in [0.05, 0.1) is 7.98 Å². The predicted octanol–water partition coefficient (Wildman–Crippen LogP) is 3.27. The molecule has 2 aliphatic heterocycles. The molecule has 4 heteroatoms. The number of hydrogen-bond donors (Lipinski definition) is 0. The second-order valence-corrected chi connectivity index (χ2v) is 6.39. The van der Waals surface area contributed by atoms with Crippen LogP contribution in [0.25, 0.3) is 0 Å². The molecule has 1 saturated heterocycles. The Morgan fingerprint density at radius 3 is 2.77 bits per heavy atom. The fourth-order valence-electron chi connectivity index (χ4n) is 3.65. The first-order valence-electron chi connectivity index (χ1n) is 8.67. The summed E-state index contributed by atoms with van der Waals surface area (Å²) < 4.78 is 26.1. The zero-order valence-corrected chi connectivity index (χ0v) is 13.0. The molecule has 0 amide bonds. The van der Waals surface area contributed by atoms with Crippen molar-refractivity contribution in [2.75, 3.05) is 13.7 Å². The first kappa shape index (κ1) is 13.1. The topological polar surface area (TPSA) is 43.4 Å². The van der Waals surface area contributed by atoms with Gasteiger partial charge in [0.1, 0.15) is 17.7 Å². The van der Waals surface area contributed by atoms with Crippen LogP contribution < -0.4 is 0 Å². The molecule has 22 heavy (non-hydrogen) atoms. The van der Waals surface area contributed by atoms with E-state index in [1.807, 2.05) is 30.3 Å². The molecular formula is C18H23NO3. The lowest BCUT2D eigenvalue weighted by atomic mass is 9.86. The van der Waals surface area contributed by atoms with Gasteiger partial charge < -0.3 is 14.2 Å². The number of aliphatic imine (C=N–C) groups is 1. The van der Waals surface area contributed by atoms with Crippen LogP contribution in [-0.2, 0) is 14.2 Å². The van der Waals surface area contributed by atoms with Gasteiger partial charge in [0.2, 0.25) is 5.90 Å². The first-order valence-corrected chi connectivity index (χ1v) is 8.17. The number of benzene rings is 1. The minimum atomic E-state index is -1.09. The van der Waals surface area contributed by atoms with Crippen molar-refractivity contribution in [1.82, 2.24) is 0 Å². The van der Waals surface area contributed by atoms with Gasteiger partial charge in [0, 0.05) is 7.11 Å². The van der Waals surface area contributed by atoms with Crippen LogP contribution in [0.3, 0.4) is 0 Å². The number of ether oxygens (including phenoxy) is 3. The molecule has 1 spiro atoms. The van der Waals surface area contributed by atoms with Crippen molar-refractivity contribution >= 4 is 5.90 Å². The van der Waals surface area contributed by atoms with Crippen LogP contribution in [-0.4, -0.2) is 37.3 Å². The molecule has 2 fully saturated rings. The van der Waals surface area contributed by atoms with E-state index in [9.17, 15) is 0 Å². The van der Waals surface area contributed by atoms with E-state index in [1.165, 1.54) is 6.42 Å².